The number of pyridine rings is 2. The molecule has 3 aromatic heterocycles. The van der Waals surface area contributed by atoms with Gasteiger partial charge in [-0.3, -0.25) is 0 Å². The van der Waals surface area contributed by atoms with Crippen molar-refractivity contribution in [2.75, 3.05) is 0 Å². The van der Waals surface area contributed by atoms with Crippen LogP contribution in [0.4, 0.5) is 0 Å². The van der Waals surface area contributed by atoms with E-state index in [4.69, 9.17) is 9.40 Å². The smallest absolute Gasteiger partial charge is 0.227 e. The van der Waals surface area contributed by atoms with Gasteiger partial charge >= 0.3 is 0 Å². The van der Waals surface area contributed by atoms with Crippen molar-refractivity contribution in [1.82, 2.24) is 9.97 Å². The third-order valence-corrected chi connectivity index (χ3v) is 6.74. The van der Waals surface area contributed by atoms with Crippen LogP contribution in [-0.4, -0.2) is 9.97 Å². The Morgan fingerprint density at radius 3 is 2.40 bits per heavy atom. The molecule has 3 aromatic carbocycles. The van der Waals surface area contributed by atoms with Gasteiger partial charge in [-0.25, -0.2) is 9.97 Å². The van der Waals surface area contributed by atoms with E-state index in [9.17, 15) is 0 Å². The lowest BCUT2D eigenvalue weighted by molar-refractivity contribution is 0.644. The highest BCUT2D eigenvalue weighted by molar-refractivity contribution is 6.11. The largest absolute Gasteiger partial charge is 0.437 e. The number of benzene rings is 3. The Labute approximate surface area is 205 Å². The van der Waals surface area contributed by atoms with Gasteiger partial charge in [0.1, 0.15) is 5.58 Å². The molecule has 0 atom stereocenters. The van der Waals surface area contributed by atoms with Crippen LogP contribution in [0.1, 0.15) is 38.8 Å². The van der Waals surface area contributed by atoms with Crippen molar-refractivity contribution in [2.24, 2.45) is 11.8 Å². The maximum absolute atomic E-state index is 6.35. The molecule has 0 saturated heterocycles. The summed E-state index contributed by atoms with van der Waals surface area (Å²) in [4.78, 5) is 9.72. The fraction of sp³-hybridized carbons (Fsp3) is 0.250. The van der Waals surface area contributed by atoms with E-state index >= 15 is 0 Å². The van der Waals surface area contributed by atoms with Crippen LogP contribution in [-0.2, 0) is 12.8 Å². The lowest BCUT2D eigenvalue weighted by Gasteiger charge is -2.15. The first kappa shape index (κ1) is 21.8. The molecule has 0 aliphatic heterocycles. The minimum absolute atomic E-state index is 0.537. The van der Waals surface area contributed by atoms with Gasteiger partial charge in [0.05, 0.1) is 11.2 Å². The van der Waals surface area contributed by atoms with Crippen molar-refractivity contribution in [1.29, 1.82) is 0 Å². The first-order valence-electron chi connectivity index (χ1n) is 12.6. The van der Waals surface area contributed by atoms with Crippen LogP contribution in [0.15, 0.2) is 77.3 Å². The second-order valence-electron chi connectivity index (χ2n) is 10.5. The van der Waals surface area contributed by atoms with Crippen LogP contribution in [0.25, 0.3) is 55.0 Å². The molecule has 6 rings (SSSR count). The van der Waals surface area contributed by atoms with Gasteiger partial charge in [-0.05, 0) is 83.0 Å². The number of hydrogen-bond acceptors (Lipinski definition) is 3. The van der Waals surface area contributed by atoms with E-state index in [1.807, 2.05) is 6.07 Å². The maximum atomic E-state index is 6.35. The van der Waals surface area contributed by atoms with Gasteiger partial charge < -0.3 is 4.42 Å². The minimum Gasteiger partial charge on any atom is -0.437 e. The molecule has 0 saturated carbocycles. The molecule has 0 aliphatic rings. The van der Waals surface area contributed by atoms with Gasteiger partial charge in [0, 0.05) is 27.9 Å². The summed E-state index contributed by atoms with van der Waals surface area (Å²) in [5.74, 6) is 1.10. The van der Waals surface area contributed by atoms with Crippen molar-refractivity contribution in [3.63, 3.8) is 0 Å². The number of rotatable bonds is 5. The summed E-state index contributed by atoms with van der Waals surface area (Å²) in [5, 5.41) is 5.97. The third kappa shape index (κ3) is 3.85. The monoisotopic (exact) mass is 458 g/mol. The Morgan fingerprint density at radius 1 is 0.771 bits per heavy atom. The van der Waals surface area contributed by atoms with Crippen molar-refractivity contribution >= 4 is 43.7 Å². The molecule has 0 amide bonds. The summed E-state index contributed by atoms with van der Waals surface area (Å²) in [6, 6.07) is 23.9. The molecule has 174 valence electrons. The fourth-order valence-electron chi connectivity index (χ4n) is 5.38. The standard InChI is InChI=1S/C32H30N2O/c1-19(2)14-21-16-26-25-10-7-13-33-32(25)35-31(26)27(17-21)29-18-23(15-20(3)4)30-24-9-6-5-8-22(24)11-12-28(30)34-29/h5-13,16-20H,14-15H2,1-4H3. The predicted octanol–water partition coefficient (Wildman–Crippen LogP) is 8.75. The quantitative estimate of drug-likeness (QED) is 0.242. The topological polar surface area (TPSA) is 38.9 Å². The van der Waals surface area contributed by atoms with E-state index < -0.39 is 0 Å². The van der Waals surface area contributed by atoms with E-state index in [0.29, 0.717) is 17.5 Å². The van der Waals surface area contributed by atoms with Gasteiger partial charge in [0.2, 0.25) is 5.71 Å². The van der Waals surface area contributed by atoms with Gasteiger partial charge in [0.25, 0.3) is 0 Å². The molecule has 0 N–H and O–H groups in total. The summed E-state index contributed by atoms with van der Waals surface area (Å²) in [6.07, 6.45) is 3.79. The number of nitrogens with zero attached hydrogens (tertiary/aromatic N) is 2. The first-order chi connectivity index (χ1) is 17.0. The van der Waals surface area contributed by atoms with Gasteiger partial charge in [-0.2, -0.15) is 0 Å². The number of furan rings is 1. The normalized spacial score (nSPS) is 12.2. The van der Waals surface area contributed by atoms with E-state index in [1.165, 1.54) is 27.3 Å². The minimum atomic E-state index is 0.537. The van der Waals surface area contributed by atoms with E-state index in [0.717, 1.165) is 46.0 Å². The zero-order valence-corrected chi connectivity index (χ0v) is 20.8. The first-order valence-corrected chi connectivity index (χ1v) is 12.6. The predicted molar refractivity (Wildman–Crippen MR) is 147 cm³/mol. The van der Waals surface area contributed by atoms with Crippen LogP contribution in [0, 0.1) is 11.8 Å². The Balaban J connectivity index is 1.68. The maximum Gasteiger partial charge on any atom is 0.227 e. The molecule has 3 nitrogen and oxygen atoms in total. The second-order valence-corrected chi connectivity index (χ2v) is 10.5. The van der Waals surface area contributed by atoms with E-state index in [1.54, 1.807) is 6.20 Å². The molecule has 0 unspecified atom stereocenters. The van der Waals surface area contributed by atoms with Crippen molar-refractivity contribution in [2.45, 2.75) is 40.5 Å². The molecule has 6 aromatic rings. The Morgan fingerprint density at radius 2 is 1.57 bits per heavy atom. The van der Waals surface area contributed by atoms with Gasteiger partial charge in [-0.1, -0.05) is 58.0 Å². The lowest BCUT2D eigenvalue weighted by atomic mass is 9.92. The van der Waals surface area contributed by atoms with Crippen LogP contribution in [0.3, 0.4) is 0 Å². The van der Waals surface area contributed by atoms with Crippen LogP contribution < -0.4 is 0 Å². The zero-order valence-electron chi connectivity index (χ0n) is 20.8. The second kappa shape index (κ2) is 8.49. The number of aromatic nitrogens is 2. The molecule has 0 radical (unpaired) electrons. The van der Waals surface area contributed by atoms with E-state index in [2.05, 4.69) is 93.3 Å². The molecule has 3 heterocycles. The van der Waals surface area contributed by atoms with Gasteiger partial charge in [0.15, 0.2) is 0 Å². The molecular weight excluding hydrogens is 428 g/mol. The molecule has 3 heteroatoms. The van der Waals surface area contributed by atoms with Crippen molar-refractivity contribution in [3.8, 4) is 11.3 Å². The number of fused-ring (bicyclic) bond motifs is 6. The lowest BCUT2D eigenvalue weighted by Crippen LogP contribution is -2.00. The summed E-state index contributed by atoms with van der Waals surface area (Å²) in [7, 11) is 0. The molecule has 0 aliphatic carbocycles. The Hall–Kier alpha value is -3.72. The summed E-state index contributed by atoms with van der Waals surface area (Å²) in [5.41, 5.74) is 7.25. The average Bonchev–Trinajstić information content (AvgIpc) is 3.21. The highest BCUT2D eigenvalue weighted by Gasteiger charge is 2.18. The van der Waals surface area contributed by atoms with Crippen LogP contribution in [0.2, 0.25) is 0 Å². The summed E-state index contributed by atoms with van der Waals surface area (Å²) >= 11 is 0. The van der Waals surface area contributed by atoms with E-state index in [-0.39, 0.29) is 0 Å². The van der Waals surface area contributed by atoms with Crippen LogP contribution >= 0.6 is 0 Å². The SMILES string of the molecule is CC(C)Cc1cc(-c2cc(CC(C)C)c3c(ccc4ccccc43)n2)c2oc3ncccc3c2c1. The summed E-state index contributed by atoms with van der Waals surface area (Å²) < 4.78 is 6.35. The van der Waals surface area contributed by atoms with Crippen molar-refractivity contribution in [3.05, 3.63) is 84.1 Å². The highest BCUT2D eigenvalue weighted by atomic mass is 16.3. The third-order valence-electron chi connectivity index (χ3n) is 6.74. The molecule has 35 heavy (non-hydrogen) atoms. The van der Waals surface area contributed by atoms with Crippen molar-refractivity contribution < 1.29 is 4.42 Å². The van der Waals surface area contributed by atoms with Crippen LogP contribution in [0.5, 0.6) is 0 Å². The number of hydrogen-bond donors (Lipinski definition) is 0. The molecular formula is C32H30N2O. The molecule has 0 bridgehead atoms. The fourth-order valence-corrected chi connectivity index (χ4v) is 5.38. The molecule has 0 fully saturated rings. The Kier molecular flexibility index (Phi) is 5.29. The van der Waals surface area contributed by atoms with Gasteiger partial charge in [-0.15, -0.1) is 0 Å². The summed E-state index contributed by atoms with van der Waals surface area (Å²) in [6.45, 7) is 9.09. The zero-order chi connectivity index (χ0) is 24.1. The highest BCUT2D eigenvalue weighted by Crippen LogP contribution is 2.38. The molecule has 0 spiro atoms. The average molecular weight is 459 g/mol. The Bertz CT molecular complexity index is 1710.